The Kier molecular flexibility index (Phi) is 4.33. The van der Waals surface area contributed by atoms with E-state index in [1.807, 2.05) is 41.9 Å². The number of likely N-dealkylation sites (tertiary alicyclic amines) is 1. The van der Waals surface area contributed by atoms with Gasteiger partial charge in [0.15, 0.2) is 5.76 Å². The molecular formula is C18H21N5O2. The SMILES string of the molecule is CO[C@@H]1C[C@@H](c2nncn2C)N(Cc2ncc(-c3ccccc3)o2)C1. The minimum Gasteiger partial charge on any atom is -0.439 e. The number of aryl methyl sites for hydroxylation is 1. The van der Waals surface area contributed by atoms with E-state index in [4.69, 9.17) is 9.15 Å². The third-order valence-corrected chi connectivity index (χ3v) is 4.69. The topological polar surface area (TPSA) is 69.2 Å². The molecule has 0 bridgehead atoms. The van der Waals surface area contributed by atoms with Gasteiger partial charge < -0.3 is 13.7 Å². The molecule has 0 saturated carbocycles. The molecule has 0 amide bonds. The Balaban J connectivity index is 1.54. The summed E-state index contributed by atoms with van der Waals surface area (Å²) in [6.07, 6.45) is 4.57. The van der Waals surface area contributed by atoms with Gasteiger partial charge in [-0.15, -0.1) is 10.2 Å². The highest BCUT2D eigenvalue weighted by atomic mass is 16.5. The summed E-state index contributed by atoms with van der Waals surface area (Å²) >= 11 is 0. The van der Waals surface area contributed by atoms with Crippen molar-refractivity contribution in [2.75, 3.05) is 13.7 Å². The van der Waals surface area contributed by atoms with Crippen molar-refractivity contribution in [2.24, 2.45) is 7.05 Å². The van der Waals surface area contributed by atoms with Crippen molar-refractivity contribution in [3.8, 4) is 11.3 Å². The lowest BCUT2D eigenvalue weighted by molar-refractivity contribution is 0.106. The van der Waals surface area contributed by atoms with Crippen molar-refractivity contribution in [1.29, 1.82) is 0 Å². The first-order valence-corrected chi connectivity index (χ1v) is 8.35. The van der Waals surface area contributed by atoms with E-state index in [-0.39, 0.29) is 12.1 Å². The Hall–Kier alpha value is -2.51. The minimum absolute atomic E-state index is 0.143. The fourth-order valence-corrected chi connectivity index (χ4v) is 3.36. The molecular weight excluding hydrogens is 318 g/mol. The highest BCUT2D eigenvalue weighted by molar-refractivity contribution is 5.55. The Morgan fingerprint density at radius 2 is 2.12 bits per heavy atom. The quantitative estimate of drug-likeness (QED) is 0.711. The zero-order valence-electron chi connectivity index (χ0n) is 14.4. The summed E-state index contributed by atoms with van der Waals surface area (Å²) in [5.74, 6) is 2.42. The second-order valence-corrected chi connectivity index (χ2v) is 6.32. The predicted octanol–water partition coefficient (Wildman–Crippen LogP) is 2.43. The number of rotatable bonds is 5. The first-order valence-electron chi connectivity index (χ1n) is 8.35. The molecule has 25 heavy (non-hydrogen) atoms. The zero-order valence-corrected chi connectivity index (χ0v) is 14.4. The van der Waals surface area contributed by atoms with Crippen LogP contribution in [-0.4, -0.2) is 44.4 Å². The molecule has 0 N–H and O–H groups in total. The lowest BCUT2D eigenvalue weighted by atomic mass is 10.2. The monoisotopic (exact) mass is 339 g/mol. The Labute approximate surface area is 146 Å². The molecule has 1 fully saturated rings. The molecule has 1 aliphatic rings. The first kappa shape index (κ1) is 16.0. The van der Waals surface area contributed by atoms with Crippen molar-refractivity contribution >= 4 is 0 Å². The van der Waals surface area contributed by atoms with E-state index in [1.54, 1.807) is 19.6 Å². The Bertz CT molecular complexity index is 829. The van der Waals surface area contributed by atoms with Gasteiger partial charge in [0, 0.05) is 26.3 Å². The van der Waals surface area contributed by atoms with Crippen LogP contribution in [0.25, 0.3) is 11.3 Å². The summed E-state index contributed by atoms with van der Waals surface area (Å²) in [4.78, 5) is 6.74. The van der Waals surface area contributed by atoms with Crippen LogP contribution >= 0.6 is 0 Å². The molecule has 1 aromatic carbocycles. The fourth-order valence-electron chi connectivity index (χ4n) is 3.36. The average Bonchev–Trinajstić information content (AvgIpc) is 3.36. The van der Waals surface area contributed by atoms with E-state index < -0.39 is 0 Å². The second kappa shape index (κ2) is 6.78. The van der Waals surface area contributed by atoms with E-state index in [0.29, 0.717) is 12.4 Å². The van der Waals surface area contributed by atoms with Gasteiger partial charge in [0.1, 0.15) is 12.2 Å². The van der Waals surface area contributed by atoms with Crippen LogP contribution in [0, 0.1) is 0 Å². The molecule has 0 radical (unpaired) electrons. The van der Waals surface area contributed by atoms with Crippen LogP contribution in [-0.2, 0) is 18.3 Å². The van der Waals surface area contributed by atoms with Crippen LogP contribution in [0.3, 0.4) is 0 Å². The number of oxazole rings is 1. The minimum atomic E-state index is 0.143. The third kappa shape index (κ3) is 3.20. The van der Waals surface area contributed by atoms with Crippen molar-refractivity contribution in [1.82, 2.24) is 24.6 Å². The van der Waals surface area contributed by atoms with Gasteiger partial charge >= 0.3 is 0 Å². The standard InChI is InChI=1S/C18H21N5O2/c1-22-12-20-21-18(22)15-8-14(24-2)10-23(15)11-17-19-9-16(25-17)13-6-4-3-5-7-13/h3-7,9,12,14-15H,8,10-11H2,1-2H3/t14-,15+/m1/s1. The van der Waals surface area contributed by atoms with E-state index in [1.165, 1.54) is 0 Å². The van der Waals surface area contributed by atoms with Crippen LogP contribution in [0.4, 0.5) is 0 Å². The largest absolute Gasteiger partial charge is 0.439 e. The zero-order chi connectivity index (χ0) is 17.2. The molecule has 1 aliphatic heterocycles. The molecule has 3 aromatic rings. The van der Waals surface area contributed by atoms with Gasteiger partial charge in [-0.1, -0.05) is 30.3 Å². The maximum absolute atomic E-state index is 5.96. The molecule has 2 aromatic heterocycles. The number of hydrogen-bond donors (Lipinski definition) is 0. The first-order chi connectivity index (χ1) is 12.2. The lowest BCUT2D eigenvalue weighted by Gasteiger charge is -2.21. The van der Waals surface area contributed by atoms with E-state index in [2.05, 4.69) is 20.1 Å². The highest BCUT2D eigenvalue weighted by Crippen LogP contribution is 2.33. The van der Waals surface area contributed by atoms with E-state index in [9.17, 15) is 0 Å². The normalized spacial score (nSPS) is 21.0. The molecule has 0 aliphatic carbocycles. The molecule has 1 saturated heterocycles. The van der Waals surface area contributed by atoms with Crippen molar-refractivity contribution < 1.29 is 9.15 Å². The molecule has 7 heteroatoms. The van der Waals surface area contributed by atoms with E-state index >= 15 is 0 Å². The summed E-state index contributed by atoms with van der Waals surface area (Å²) in [5.41, 5.74) is 1.03. The number of ether oxygens (including phenoxy) is 1. The fraction of sp³-hybridized carbons (Fsp3) is 0.389. The Morgan fingerprint density at radius 3 is 2.84 bits per heavy atom. The average molecular weight is 339 g/mol. The van der Waals surface area contributed by atoms with Crippen LogP contribution < -0.4 is 0 Å². The number of aromatic nitrogens is 4. The van der Waals surface area contributed by atoms with Gasteiger partial charge in [-0.05, 0) is 6.42 Å². The van der Waals surface area contributed by atoms with Gasteiger partial charge in [0.25, 0.3) is 0 Å². The molecule has 7 nitrogen and oxygen atoms in total. The molecule has 0 spiro atoms. The number of benzene rings is 1. The van der Waals surface area contributed by atoms with Crippen molar-refractivity contribution in [2.45, 2.75) is 25.1 Å². The molecule has 4 rings (SSSR count). The smallest absolute Gasteiger partial charge is 0.209 e. The van der Waals surface area contributed by atoms with Crippen molar-refractivity contribution in [3.05, 3.63) is 54.6 Å². The van der Waals surface area contributed by atoms with Crippen LogP contribution in [0.2, 0.25) is 0 Å². The lowest BCUT2D eigenvalue weighted by Crippen LogP contribution is -2.26. The number of hydrogen-bond acceptors (Lipinski definition) is 6. The van der Waals surface area contributed by atoms with Gasteiger partial charge in [0.2, 0.25) is 5.89 Å². The van der Waals surface area contributed by atoms with Crippen LogP contribution in [0.5, 0.6) is 0 Å². The third-order valence-electron chi connectivity index (χ3n) is 4.69. The number of nitrogens with zero attached hydrogens (tertiary/aromatic N) is 5. The van der Waals surface area contributed by atoms with Gasteiger partial charge in [-0.2, -0.15) is 0 Å². The van der Waals surface area contributed by atoms with Crippen molar-refractivity contribution in [3.63, 3.8) is 0 Å². The summed E-state index contributed by atoms with van der Waals surface area (Å²) in [6.45, 7) is 1.43. The summed E-state index contributed by atoms with van der Waals surface area (Å²) in [7, 11) is 3.72. The second-order valence-electron chi connectivity index (χ2n) is 6.32. The maximum atomic E-state index is 5.96. The summed E-state index contributed by atoms with van der Waals surface area (Å²) in [6, 6.07) is 10.1. The predicted molar refractivity (Wildman–Crippen MR) is 91.5 cm³/mol. The molecule has 2 atom stereocenters. The van der Waals surface area contributed by atoms with E-state index in [0.717, 1.165) is 30.1 Å². The molecule has 3 heterocycles. The Morgan fingerprint density at radius 1 is 1.28 bits per heavy atom. The van der Waals surface area contributed by atoms with Gasteiger partial charge in [-0.3, -0.25) is 4.90 Å². The maximum Gasteiger partial charge on any atom is 0.209 e. The highest BCUT2D eigenvalue weighted by Gasteiger charge is 2.36. The molecule has 0 unspecified atom stereocenters. The van der Waals surface area contributed by atoms with Gasteiger partial charge in [0.05, 0.1) is 24.9 Å². The van der Waals surface area contributed by atoms with Gasteiger partial charge in [-0.25, -0.2) is 4.98 Å². The van der Waals surface area contributed by atoms with Crippen LogP contribution in [0.15, 0.2) is 47.3 Å². The van der Waals surface area contributed by atoms with Crippen LogP contribution in [0.1, 0.15) is 24.2 Å². The molecule has 130 valence electrons. The number of methoxy groups -OCH3 is 1. The summed E-state index contributed by atoms with van der Waals surface area (Å²) in [5, 5.41) is 8.28. The summed E-state index contributed by atoms with van der Waals surface area (Å²) < 4.78 is 13.5.